The molecule has 0 aliphatic heterocycles. The number of nitrogens with one attached hydrogen (secondary N) is 1. The number of benzene rings is 1. The monoisotopic (exact) mass is 349 g/mol. The Labute approximate surface area is 144 Å². The van der Waals surface area contributed by atoms with Crippen molar-refractivity contribution in [1.82, 2.24) is 5.32 Å². The first-order valence-corrected chi connectivity index (χ1v) is 9.00. The number of rotatable bonds is 4. The second kappa shape index (κ2) is 7.30. The lowest BCUT2D eigenvalue weighted by Gasteiger charge is -2.29. The number of hydrogen-bond donors (Lipinski definition) is 1. The van der Waals surface area contributed by atoms with Crippen LogP contribution < -0.4 is 5.32 Å². The van der Waals surface area contributed by atoms with E-state index in [2.05, 4.69) is 12.2 Å². The first kappa shape index (κ1) is 16.9. The predicted octanol–water partition coefficient (Wildman–Crippen LogP) is 3.89. The molecule has 0 saturated heterocycles. The number of carbonyl (C=O) groups excluding carboxylic acids is 2. The number of esters is 1. The van der Waals surface area contributed by atoms with Crippen LogP contribution in [0.2, 0.25) is 0 Å². The van der Waals surface area contributed by atoms with Gasteiger partial charge >= 0.3 is 5.97 Å². The zero-order valence-corrected chi connectivity index (χ0v) is 14.3. The lowest BCUT2D eigenvalue weighted by atomic mass is 9.86. The third kappa shape index (κ3) is 3.93. The molecule has 1 aliphatic rings. The second-order valence-corrected chi connectivity index (χ2v) is 7.39. The molecule has 1 aliphatic carbocycles. The van der Waals surface area contributed by atoms with Gasteiger partial charge in [0.05, 0.1) is 0 Å². The van der Waals surface area contributed by atoms with Gasteiger partial charge in [-0.25, -0.2) is 9.18 Å². The number of halogens is 1. The van der Waals surface area contributed by atoms with Gasteiger partial charge in [-0.15, -0.1) is 11.3 Å². The molecule has 2 atom stereocenters. The molecule has 1 N–H and O–H groups in total. The van der Waals surface area contributed by atoms with Crippen molar-refractivity contribution in [2.24, 2.45) is 5.92 Å². The maximum absolute atomic E-state index is 13.2. The van der Waals surface area contributed by atoms with E-state index in [1.807, 2.05) is 0 Å². The Bertz CT molecular complexity index is 758. The second-order valence-electron chi connectivity index (χ2n) is 6.30. The van der Waals surface area contributed by atoms with E-state index in [4.69, 9.17) is 4.74 Å². The Morgan fingerprint density at radius 3 is 2.88 bits per heavy atom. The zero-order valence-electron chi connectivity index (χ0n) is 13.5. The summed E-state index contributed by atoms with van der Waals surface area (Å²) in [5, 5.41) is 3.61. The van der Waals surface area contributed by atoms with Crippen molar-refractivity contribution in [3.8, 4) is 0 Å². The third-order valence-corrected chi connectivity index (χ3v) is 5.57. The van der Waals surface area contributed by atoms with E-state index in [1.165, 1.54) is 29.9 Å². The van der Waals surface area contributed by atoms with Gasteiger partial charge in [0.15, 0.2) is 6.61 Å². The number of amides is 1. The molecule has 2 aromatic rings. The van der Waals surface area contributed by atoms with Crippen LogP contribution in [-0.2, 0) is 9.53 Å². The van der Waals surface area contributed by atoms with Crippen LogP contribution in [0.25, 0.3) is 10.1 Å². The molecule has 1 amide bonds. The third-order valence-electron chi connectivity index (χ3n) is 4.47. The molecule has 1 heterocycles. The van der Waals surface area contributed by atoms with Gasteiger partial charge in [0, 0.05) is 10.7 Å². The molecule has 24 heavy (non-hydrogen) atoms. The highest BCUT2D eigenvalue weighted by atomic mass is 32.1. The maximum Gasteiger partial charge on any atom is 0.348 e. The summed E-state index contributed by atoms with van der Waals surface area (Å²) >= 11 is 1.23. The van der Waals surface area contributed by atoms with Crippen LogP contribution in [-0.4, -0.2) is 24.5 Å². The van der Waals surface area contributed by atoms with E-state index in [0.29, 0.717) is 16.2 Å². The van der Waals surface area contributed by atoms with E-state index in [9.17, 15) is 14.0 Å². The van der Waals surface area contributed by atoms with E-state index < -0.39 is 5.97 Å². The molecule has 1 aromatic heterocycles. The van der Waals surface area contributed by atoms with Crippen LogP contribution in [0, 0.1) is 11.7 Å². The van der Waals surface area contributed by atoms with Crippen molar-refractivity contribution in [2.75, 3.05) is 6.61 Å². The largest absolute Gasteiger partial charge is 0.451 e. The van der Waals surface area contributed by atoms with Gasteiger partial charge in [-0.3, -0.25) is 4.79 Å². The van der Waals surface area contributed by atoms with Crippen LogP contribution in [0.5, 0.6) is 0 Å². The first-order chi connectivity index (χ1) is 11.5. The molecule has 1 aromatic carbocycles. The van der Waals surface area contributed by atoms with E-state index in [-0.39, 0.29) is 24.4 Å². The summed E-state index contributed by atoms with van der Waals surface area (Å²) in [7, 11) is 0. The smallest absolute Gasteiger partial charge is 0.348 e. The van der Waals surface area contributed by atoms with Gasteiger partial charge in [-0.2, -0.15) is 0 Å². The van der Waals surface area contributed by atoms with Crippen molar-refractivity contribution in [1.29, 1.82) is 0 Å². The van der Waals surface area contributed by atoms with Gasteiger partial charge < -0.3 is 10.1 Å². The minimum Gasteiger partial charge on any atom is -0.451 e. The van der Waals surface area contributed by atoms with Crippen molar-refractivity contribution in [3.63, 3.8) is 0 Å². The van der Waals surface area contributed by atoms with Crippen molar-refractivity contribution in [2.45, 2.75) is 38.6 Å². The molecule has 128 valence electrons. The van der Waals surface area contributed by atoms with E-state index in [1.54, 1.807) is 12.1 Å². The molecule has 0 spiro atoms. The fourth-order valence-electron chi connectivity index (χ4n) is 3.10. The molecule has 1 fully saturated rings. The number of carbonyl (C=O) groups is 2. The van der Waals surface area contributed by atoms with Gasteiger partial charge in [0.2, 0.25) is 0 Å². The highest BCUT2D eigenvalue weighted by Gasteiger charge is 2.23. The summed E-state index contributed by atoms with van der Waals surface area (Å²) in [6.07, 6.45) is 4.41. The number of hydrogen-bond acceptors (Lipinski definition) is 4. The lowest BCUT2D eigenvalue weighted by Crippen LogP contribution is -2.42. The Balaban J connectivity index is 1.55. The fourth-order valence-corrected chi connectivity index (χ4v) is 4.03. The highest BCUT2D eigenvalue weighted by molar-refractivity contribution is 7.20. The molecule has 4 nitrogen and oxygen atoms in total. The molecular formula is C18H20FNO3S. The minimum atomic E-state index is -0.552. The van der Waals surface area contributed by atoms with Crippen molar-refractivity contribution < 1.29 is 18.7 Å². The summed E-state index contributed by atoms with van der Waals surface area (Å²) in [6, 6.07) is 6.11. The molecular weight excluding hydrogens is 329 g/mol. The lowest BCUT2D eigenvalue weighted by molar-refractivity contribution is -0.125. The summed E-state index contributed by atoms with van der Waals surface area (Å²) < 4.78 is 19.1. The topological polar surface area (TPSA) is 55.4 Å². The van der Waals surface area contributed by atoms with Crippen LogP contribution in [0.15, 0.2) is 24.3 Å². The number of thiophene rings is 1. The Hall–Kier alpha value is -1.95. The van der Waals surface area contributed by atoms with Crippen molar-refractivity contribution in [3.05, 3.63) is 35.0 Å². The van der Waals surface area contributed by atoms with Crippen LogP contribution in [0.1, 0.15) is 42.3 Å². The zero-order chi connectivity index (χ0) is 17.1. The average molecular weight is 349 g/mol. The molecule has 1 saturated carbocycles. The van der Waals surface area contributed by atoms with E-state index >= 15 is 0 Å². The summed E-state index contributed by atoms with van der Waals surface area (Å²) in [5.74, 6) is -0.713. The summed E-state index contributed by atoms with van der Waals surface area (Å²) in [6.45, 7) is 1.84. The quantitative estimate of drug-likeness (QED) is 0.852. The molecule has 3 rings (SSSR count). The van der Waals surface area contributed by atoms with E-state index in [0.717, 1.165) is 24.0 Å². The predicted molar refractivity (Wildman–Crippen MR) is 91.6 cm³/mol. The molecule has 0 radical (unpaired) electrons. The average Bonchev–Trinajstić information content (AvgIpc) is 2.98. The summed E-state index contributed by atoms with van der Waals surface area (Å²) in [4.78, 5) is 24.4. The van der Waals surface area contributed by atoms with Crippen LogP contribution >= 0.6 is 11.3 Å². The van der Waals surface area contributed by atoms with Crippen LogP contribution in [0.4, 0.5) is 4.39 Å². The normalized spacial score (nSPS) is 20.8. The fraction of sp³-hybridized carbons (Fsp3) is 0.444. The minimum absolute atomic E-state index is 0.164. The van der Waals surface area contributed by atoms with Crippen LogP contribution in [0.3, 0.4) is 0 Å². The summed E-state index contributed by atoms with van der Waals surface area (Å²) in [5.41, 5.74) is 0. The number of fused-ring (bicyclic) bond motifs is 1. The molecule has 0 bridgehead atoms. The molecule has 0 unspecified atom stereocenters. The number of ether oxygens (including phenoxy) is 1. The van der Waals surface area contributed by atoms with Gasteiger partial charge in [-0.05, 0) is 48.4 Å². The SMILES string of the molecule is C[C@H]1CCCC[C@@H]1NC(=O)COC(=O)c1cc2cc(F)ccc2s1. The highest BCUT2D eigenvalue weighted by Crippen LogP contribution is 2.27. The van der Waals surface area contributed by atoms with Gasteiger partial charge in [-0.1, -0.05) is 19.8 Å². The van der Waals surface area contributed by atoms with Gasteiger partial charge in [0.1, 0.15) is 10.7 Å². The van der Waals surface area contributed by atoms with Crippen molar-refractivity contribution >= 4 is 33.3 Å². The van der Waals surface area contributed by atoms with Gasteiger partial charge in [0.25, 0.3) is 5.91 Å². The Morgan fingerprint density at radius 2 is 2.08 bits per heavy atom. The Morgan fingerprint density at radius 1 is 1.29 bits per heavy atom. The maximum atomic E-state index is 13.2. The molecule has 6 heteroatoms. The first-order valence-electron chi connectivity index (χ1n) is 8.18. The Kier molecular flexibility index (Phi) is 5.14. The standard InChI is InChI=1S/C18H20FNO3S/c1-11-4-2-3-5-14(11)20-17(21)10-23-18(22)16-9-12-8-13(19)6-7-15(12)24-16/h6-9,11,14H,2-5,10H2,1H3,(H,20,21)/t11-,14-/m0/s1.